The van der Waals surface area contributed by atoms with E-state index in [0.717, 1.165) is 16.0 Å². The molecule has 1 aliphatic rings. The van der Waals surface area contributed by atoms with Gasteiger partial charge in [0, 0.05) is 37.0 Å². The number of hydrogen-bond acceptors (Lipinski definition) is 7. The van der Waals surface area contributed by atoms with Crippen LogP contribution < -0.4 is 5.32 Å². The first-order valence-electron chi connectivity index (χ1n) is 12.7. The van der Waals surface area contributed by atoms with Crippen LogP contribution in [0.1, 0.15) is 57.5 Å². The van der Waals surface area contributed by atoms with Crippen molar-refractivity contribution in [2.24, 2.45) is 0 Å². The zero-order valence-electron chi connectivity index (χ0n) is 22.1. The van der Waals surface area contributed by atoms with Gasteiger partial charge in [0.05, 0.1) is 23.6 Å². The van der Waals surface area contributed by atoms with Crippen LogP contribution in [0.4, 0.5) is 5.00 Å². The minimum atomic E-state index is -3.78. The Labute approximate surface area is 232 Å². The Hall–Kier alpha value is -3.54. The molecule has 3 aromatic rings. The number of carbonyl (C=O) groups excluding carboxylic acids is 3. The Kier molecular flexibility index (Phi) is 8.83. The molecule has 0 radical (unpaired) electrons. The fourth-order valence-electron chi connectivity index (χ4n) is 4.44. The Morgan fingerprint density at radius 2 is 1.74 bits per heavy atom. The van der Waals surface area contributed by atoms with Gasteiger partial charge in [-0.15, -0.1) is 11.3 Å². The minimum Gasteiger partial charge on any atom is -0.462 e. The largest absolute Gasteiger partial charge is 0.462 e. The predicted octanol–water partition coefficient (Wildman–Crippen LogP) is 4.29. The molecular formula is C28H31N3O6S2. The summed E-state index contributed by atoms with van der Waals surface area (Å²) >= 11 is 1.25. The normalized spacial score (nSPS) is 13.2. The second-order valence-corrected chi connectivity index (χ2v) is 12.1. The summed E-state index contributed by atoms with van der Waals surface area (Å²) in [6.07, 6.45) is 0.485. The highest BCUT2D eigenvalue weighted by atomic mass is 32.2. The lowest BCUT2D eigenvalue weighted by molar-refractivity contribution is -0.129. The van der Waals surface area contributed by atoms with Gasteiger partial charge in [-0.1, -0.05) is 37.3 Å². The predicted molar refractivity (Wildman–Crippen MR) is 149 cm³/mol. The van der Waals surface area contributed by atoms with Crippen LogP contribution in [0.25, 0.3) is 0 Å². The van der Waals surface area contributed by atoms with Gasteiger partial charge in [-0.3, -0.25) is 9.59 Å². The van der Waals surface area contributed by atoms with Crippen molar-refractivity contribution in [3.63, 3.8) is 0 Å². The summed E-state index contributed by atoms with van der Waals surface area (Å²) in [5.41, 5.74) is 2.21. The molecule has 4 rings (SSSR count). The minimum absolute atomic E-state index is 0.0576. The first kappa shape index (κ1) is 28.5. The Balaban J connectivity index is 1.55. The molecule has 0 fully saturated rings. The van der Waals surface area contributed by atoms with E-state index in [2.05, 4.69) is 5.32 Å². The van der Waals surface area contributed by atoms with Crippen LogP contribution in [0.3, 0.4) is 0 Å². The molecule has 1 aromatic heterocycles. The monoisotopic (exact) mass is 569 g/mol. The van der Waals surface area contributed by atoms with Crippen LogP contribution in [0, 0.1) is 0 Å². The lowest BCUT2D eigenvalue weighted by Crippen LogP contribution is -2.34. The van der Waals surface area contributed by atoms with E-state index in [4.69, 9.17) is 4.74 Å². The molecule has 0 saturated heterocycles. The summed E-state index contributed by atoms with van der Waals surface area (Å²) in [5.74, 6) is -1.07. The van der Waals surface area contributed by atoms with Crippen LogP contribution in [0.2, 0.25) is 0 Å². The Bertz CT molecular complexity index is 1470. The summed E-state index contributed by atoms with van der Waals surface area (Å²) < 4.78 is 33.1. The SMILES string of the molecule is CCOC(=O)c1c(NC(=O)c2ccc(S(=O)(=O)N(CC)Cc3ccccc3)cc2)sc2c1CCN(C(C)=O)C2. The quantitative estimate of drug-likeness (QED) is 0.385. The number of ether oxygens (including phenoxy) is 1. The summed E-state index contributed by atoms with van der Waals surface area (Å²) in [4.78, 5) is 40.4. The third-order valence-corrected chi connectivity index (χ3v) is 9.58. The number of nitrogens with one attached hydrogen (secondary N) is 1. The van der Waals surface area contributed by atoms with E-state index in [1.807, 2.05) is 30.3 Å². The molecule has 0 unspecified atom stereocenters. The van der Waals surface area contributed by atoms with Crippen LogP contribution in [0.15, 0.2) is 59.5 Å². The number of fused-ring (bicyclic) bond motifs is 1. The first-order valence-corrected chi connectivity index (χ1v) is 14.9. The highest BCUT2D eigenvalue weighted by molar-refractivity contribution is 7.89. The van der Waals surface area contributed by atoms with E-state index >= 15 is 0 Å². The molecule has 2 heterocycles. The van der Waals surface area contributed by atoms with Crippen LogP contribution in [-0.4, -0.2) is 55.1 Å². The highest BCUT2D eigenvalue weighted by Gasteiger charge is 2.30. The van der Waals surface area contributed by atoms with E-state index in [-0.39, 0.29) is 29.5 Å². The molecule has 2 amide bonds. The number of anilines is 1. The number of sulfonamides is 1. The fourth-order valence-corrected chi connectivity index (χ4v) is 7.12. The number of benzene rings is 2. The number of amides is 2. The van der Waals surface area contributed by atoms with Crippen molar-refractivity contribution >= 4 is 44.1 Å². The van der Waals surface area contributed by atoms with Crippen molar-refractivity contribution in [3.8, 4) is 0 Å². The molecule has 0 spiro atoms. The van der Waals surface area contributed by atoms with Gasteiger partial charge in [0.25, 0.3) is 5.91 Å². The van der Waals surface area contributed by atoms with Crippen molar-refractivity contribution in [1.29, 1.82) is 0 Å². The maximum absolute atomic E-state index is 13.3. The number of nitrogens with zero attached hydrogens (tertiary/aromatic N) is 2. The molecule has 2 aromatic carbocycles. The van der Waals surface area contributed by atoms with E-state index in [1.54, 1.807) is 18.7 Å². The molecule has 11 heteroatoms. The summed E-state index contributed by atoms with van der Waals surface area (Å²) in [7, 11) is -3.78. The molecular weight excluding hydrogens is 538 g/mol. The molecule has 0 bridgehead atoms. The number of esters is 1. The maximum atomic E-state index is 13.3. The van der Waals surface area contributed by atoms with Gasteiger partial charge in [0.2, 0.25) is 15.9 Å². The zero-order chi connectivity index (χ0) is 28.2. The standard InChI is InChI=1S/C28H31N3O6S2/c1-4-31(17-20-9-7-6-8-10-20)39(35,36)22-13-11-21(12-14-22)26(33)29-27-25(28(34)37-5-2)23-15-16-30(19(3)32)18-24(23)38-27/h6-14H,4-5,15-18H2,1-3H3,(H,29,33). The molecule has 0 atom stereocenters. The lowest BCUT2D eigenvalue weighted by atomic mass is 10.0. The summed E-state index contributed by atoms with van der Waals surface area (Å²) in [6, 6.07) is 15.1. The topological polar surface area (TPSA) is 113 Å². The van der Waals surface area contributed by atoms with Crippen molar-refractivity contribution in [2.45, 2.75) is 45.2 Å². The number of rotatable bonds is 9. The van der Waals surface area contributed by atoms with Crippen molar-refractivity contribution in [2.75, 3.05) is 25.0 Å². The summed E-state index contributed by atoms with van der Waals surface area (Å²) in [5, 5.41) is 3.16. The zero-order valence-corrected chi connectivity index (χ0v) is 23.7. The fraction of sp³-hybridized carbons (Fsp3) is 0.321. The molecule has 0 saturated carbocycles. The number of thiophene rings is 1. The molecule has 206 valence electrons. The van der Waals surface area contributed by atoms with Gasteiger partial charge < -0.3 is 15.0 Å². The molecule has 39 heavy (non-hydrogen) atoms. The molecule has 1 N–H and O–H groups in total. The van der Waals surface area contributed by atoms with Gasteiger partial charge in [-0.25, -0.2) is 13.2 Å². The third-order valence-electron chi connectivity index (χ3n) is 6.52. The Morgan fingerprint density at radius 3 is 2.36 bits per heavy atom. The van der Waals surface area contributed by atoms with Crippen LogP contribution >= 0.6 is 11.3 Å². The maximum Gasteiger partial charge on any atom is 0.341 e. The van der Waals surface area contributed by atoms with Gasteiger partial charge in [-0.05, 0) is 48.7 Å². The molecule has 1 aliphatic heterocycles. The van der Waals surface area contributed by atoms with E-state index in [9.17, 15) is 22.8 Å². The number of carbonyl (C=O) groups is 3. The molecule has 0 aliphatic carbocycles. The summed E-state index contributed by atoms with van der Waals surface area (Å²) in [6.45, 7) is 6.54. The average molecular weight is 570 g/mol. The van der Waals surface area contributed by atoms with E-state index in [0.29, 0.717) is 36.6 Å². The van der Waals surface area contributed by atoms with Crippen molar-refractivity contribution in [3.05, 3.63) is 81.7 Å². The lowest BCUT2D eigenvalue weighted by Gasteiger charge is -2.25. The van der Waals surface area contributed by atoms with Gasteiger partial charge >= 0.3 is 5.97 Å². The average Bonchev–Trinajstić information content (AvgIpc) is 3.29. The second kappa shape index (κ2) is 12.1. The van der Waals surface area contributed by atoms with E-state index in [1.165, 1.54) is 46.8 Å². The first-order chi connectivity index (χ1) is 18.6. The third kappa shape index (κ3) is 6.21. The smallest absolute Gasteiger partial charge is 0.341 e. The van der Waals surface area contributed by atoms with Crippen LogP contribution in [-0.2, 0) is 39.1 Å². The van der Waals surface area contributed by atoms with Crippen molar-refractivity contribution in [1.82, 2.24) is 9.21 Å². The highest BCUT2D eigenvalue weighted by Crippen LogP contribution is 2.38. The molecule has 9 nitrogen and oxygen atoms in total. The van der Waals surface area contributed by atoms with Gasteiger partial charge in [0.1, 0.15) is 5.00 Å². The van der Waals surface area contributed by atoms with Gasteiger partial charge in [0.15, 0.2) is 0 Å². The second-order valence-electron chi connectivity index (χ2n) is 9.01. The van der Waals surface area contributed by atoms with Gasteiger partial charge in [-0.2, -0.15) is 4.31 Å². The van der Waals surface area contributed by atoms with E-state index < -0.39 is 21.9 Å². The van der Waals surface area contributed by atoms with Crippen LogP contribution in [0.5, 0.6) is 0 Å². The Morgan fingerprint density at radius 1 is 1.05 bits per heavy atom. The number of hydrogen-bond donors (Lipinski definition) is 1. The van der Waals surface area contributed by atoms with Crippen molar-refractivity contribution < 1.29 is 27.5 Å².